The Morgan fingerprint density at radius 3 is 2.67 bits per heavy atom. The van der Waals surface area contributed by atoms with E-state index in [0.717, 1.165) is 10.0 Å². The molecule has 1 aromatic carbocycles. The Hall–Kier alpha value is -0.580. The summed E-state index contributed by atoms with van der Waals surface area (Å²) in [6.45, 7) is 4.72. The minimum absolute atomic E-state index is 0.268. The predicted octanol–water partition coefficient (Wildman–Crippen LogP) is 2.93. The van der Waals surface area contributed by atoms with Gasteiger partial charge in [-0.15, -0.1) is 0 Å². The summed E-state index contributed by atoms with van der Waals surface area (Å²) < 4.78 is 0.724. The first kappa shape index (κ1) is 12.5. The van der Waals surface area contributed by atoms with Crippen molar-refractivity contribution < 1.29 is 9.94 Å². The third kappa shape index (κ3) is 3.19. The minimum Gasteiger partial charge on any atom is -0.506 e. The number of nitrogens with one attached hydrogen (secondary N) is 1. The quantitative estimate of drug-likeness (QED) is 0.829. The molecule has 0 aromatic heterocycles. The summed E-state index contributed by atoms with van der Waals surface area (Å²) in [5, 5.41) is 9.79. The zero-order chi connectivity index (χ0) is 11.4. The minimum atomic E-state index is 0.268. The van der Waals surface area contributed by atoms with Gasteiger partial charge in [0.2, 0.25) is 0 Å². The maximum atomic E-state index is 9.79. The van der Waals surface area contributed by atoms with Crippen LogP contribution < -0.4 is 5.48 Å². The summed E-state index contributed by atoms with van der Waals surface area (Å²) in [6.07, 6.45) is 0. The monoisotopic (exact) mass is 273 g/mol. The molecule has 0 saturated heterocycles. The van der Waals surface area contributed by atoms with Gasteiger partial charge in [0.05, 0.1) is 11.6 Å². The van der Waals surface area contributed by atoms with Gasteiger partial charge in [0.25, 0.3) is 0 Å². The summed E-state index contributed by atoms with van der Waals surface area (Å²) in [7, 11) is 1.55. The van der Waals surface area contributed by atoms with Crippen LogP contribution in [0.5, 0.6) is 5.75 Å². The van der Waals surface area contributed by atoms with Crippen LogP contribution in [-0.2, 0) is 11.4 Å². The van der Waals surface area contributed by atoms with E-state index in [4.69, 9.17) is 4.84 Å². The van der Waals surface area contributed by atoms with Crippen LogP contribution in [0.2, 0.25) is 0 Å². The molecule has 3 nitrogen and oxygen atoms in total. The van der Waals surface area contributed by atoms with Crippen molar-refractivity contribution in [3.63, 3.8) is 0 Å². The van der Waals surface area contributed by atoms with Crippen molar-refractivity contribution in [1.82, 2.24) is 5.48 Å². The Morgan fingerprint density at radius 1 is 1.47 bits per heavy atom. The number of hydrogen-bond donors (Lipinski definition) is 2. The van der Waals surface area contributed by atoms with Crippen LogP contribution in [0, 0.1) is 0 Å². The van der Waals surface area contributed by atoms with Gasteiger partial charge in [-0.05, 0) is 33.5 Å². The number of rotatable bonds is 4. The second-order valence-corrected chi connectivity index (χ2v) is 4.54. The highest BCUT2D eigenvalue weighted by Crippen LogP contribution is 2.31. The molecule has 84 valence electrons. The van der Waals surface area contributed by atoms with E-state index in [9.17, 15) is 5.11 Å². The lowest BCUT2D eigenvalue weighted by Gasteiger charge is -2.12. The Bertz CT molecular complexity index is 340. The molecule has 0 bridgehead atoms. The standard InChI is InChI=1S/C11H16BrNO2/c1-7(2)8-4-9(6-13-15-3)11(14)10(12)5-8/h4-5,7,13-14H,6H2,1-3H3. The van der Waals surface area contributed by atoms with Crippen LogP contribution in [0.4, 0.5) is 0 Å². The second-order valence-electron chi connectivity index (χ2n) is 3.69. The van der Waals surface area contributed by atoms with Crippen molar-refractivity contribution in [3.8, 4) is 5.75 Å². The lowest BCUT2D eigenvalue weighted by molar-refractivity contribution is 0.0861. The number of benzene rings is 1. The molecule has 2 N–H and O–H groups in total. The van der Waals surface area contributed by atoms with Crippen molar-refractivity contribution in [1.29, 1.82) is 0 Å². The first-order chi connectivity index (χ1) is 7.06. The summed E-state index contributed by atoms with van der Waals surface area (Å²) in [6, 6.07) is 3.92. The van der Waals surface area contributed by atoms with Crippen molar-refractivity contribution in [3.05, 3.63) is 27.7 Å². The smallest absolute Gasteiger partial charge is 0.134 e. The van der Waals surface area contributed by atoms with E-state index in [1.807, 2.05) is 12.1 Å². The maximum Gasteiger partial charge on any atom is 0.134 e. The van der Waals surface area contributed by atoms with Crippen molar-refractivity contribution in [2.24, 2.45) is 0 Å². The normalized spacial score (nSPS) is 11.0. The average Bonchev–Trinajstić information content (AvgIpc) is 2.19. The van der Waals surface area contributed by atoms with Crippen LogP contribution in [0.25, 0.3) is 0 Å². The predicted molar refractivity (Wildman–Crippen MR) is 63.7 cm³/mol. The summed E-state index contributed by atoms with van der Waals surface area (Å²) >= 11 is 3.34. The molecule has 0 aliphatic heterocycles. The third-order valence-electron chi connectivity index (χ3n) is 2.24. The number of phenolic OH excluding ortho intramolecular Hbond substituents is 1. The molecule has 0 fully saturated rings. The Morgan fingerprint density at radius 2 is 2.13 bits per heavy atom. The molecule has 1 aromatic rings. The van der Waals surface area contributed by atoms with E-state index >= 15 is 0 Å². The molecule has 0 amide bonds. The number of hydrogen-bond acceptors (Lipinski definition) is 3. The van der Waals surface area contributed by atoms with Crippen LogP contribution in [0.1, 0.15) is 30.9 Å². The fourth-order valence-electron chi connectivity index (χ4n) is 1.30. The van der Waals surface area contributed by atoms with Crippen LogP contribution in [-0.4, -0.2) is 12.2 Å². The summed E-state index contributed by atoms with van der Waals surface area (Å²) in [5.41, 5.74) is 4.73. The fraction of sp³-hybridized carbons (Fsp3) is 0.455. The van der Waals surface area contributed by atoms with E-state index < -0.39 is 0 Å². The fourth-order valence-corrected chi connectivity index (χ4v) is 1.82. The highest BCUT2D eigenvalue weighted by molar-refractivity contribution is 9.10. The molecule has 15 heavy (non-hydrogen) atoms. The highest BCUT2D eigenvalue weighted by Gasteiger charge is 2.09. The zero-order valence-corrected chi connectivity index (χ0v) is 10.8. The first-order valence-corrected chi connectivity index (χ1v) is 5.62. The second kappa shape index (κ2) is 5.49. The molecular formula is C11H16BrNO2. The van der Waals surface area contributed by atoms with E-state index in [0.29, 0.717) is 12.5 Å². The van der Waals surface area contributed by atoms with Crippen molar-refractivity contribution in [2.45, 2.75) is 26.3 Å². The Labute approximate surface area is 98.5 Å². The molecule has 0 radical (unpaired) electrons. The van der Waals surface area contributed by atoms with Crippen molar-refractivity contribution >= 4 is 15.9 Å². The molecule has 0 heterocycles. The Kier molecular flexibility index (Phi) is 4.57. The largest absolute Gasteiger partial charge is 0.506 e. The molecule has 0 saturated carbocycles. The van der Waals surface area contributed by atoms with Gasteiger partial charge in [0, 0.05) is 12.1 Å². The van der Waals surface area contributed by atoms with Crippen LogP contribution >= 0.6 is 15.9 Å². The summed E-state index contributed by atoms with van der Waals surface area (Å²) in [4.78, 5) is 4.76. The number of phenols is 1. The van der Waals surface area contributed by atoms with Gasteiger partial charge >= 0.3 is 0 Å². The van der Waals surface area contributed by atoms with Gasteiger partial charge in [-0.3, -0.25) is 0 Å². The van der Waals surface area contributed by atoms with Gasteiger partial charge < -0.3 is 9.94 Å². The molecular weight excluding hydrogens is 258 g/mol. The zero-order valence-electron chi connectivity index (χ0n) is 9.17. The van der Waals surface area contributed by atoms with E-state index in [2.05, 4.69) is 35.3 Å². The third-order valence-corrected chi connectivity index (χ3v) is 2.84. The SMILES string of the molecule is CONCc1cc(C(C)C)cc(Br)c1O. The van der Waals surface area contributed by atoms with Gasteiger partial charge in [0.15, 0.2) is 0 Å². The maximum absolute atomic E-state index is 9.79. The molecule has 4 heteroatoms. The first-order valence-electron chi connectivity index (χ1n) is 4.83. The molecule has 0 aliphatic rings. The molecule has 0 aliphatic carbocycles. The topological polar surface area (TPSA) is 41.5 Å². The van der Waals surface area contributed by atoms with Crippen LogP contribution in [0.3, 0.4) is 0 Å². The van der Waals surface area contributed by atoms with Gasteiger partial charge in [-0.25, -0.2) is 0 Å². The summed E-state index contributed by atoms with van der Waals surface area (Å²) in [5.74, 6) is 0.701. The highest BCUT2D eigenvalue weighted by atomic mass is 79.9. The molecule has 0 spiro atoms. The van der Waals surface area contributed by atoms with E-state index in [1.54, 1.807) is 7.11 Å². The average molecular weight is 274 g/mol. The van der Waals surface area contributed by atoms with E-state index in [1.165, 1.54) is 5.56 Å². The van der Waals surface area contributed by atoms with Gasteiger partial charge in [0.1, 0.15) is 5.75 Å². The van der Waals surface area contributed by atoms with Gasteiger partial charge in [-0.1, -0.05) is 19.9 Å². The lowest BCUT2D eigenvalue weighted by atomic mass is 10.0. The van der Waals surface area contributed by atoms with E-state index in [-0.39, 0.29) is 5.75 Å². The number of aromatic hydroxyl groups is 1. The number of hydroxylamine groups is 1. The Balaban J connectivity index is 3.02. The molecule has 0 unspecified atom stereocenters. The van der Waals surface area contributed by atoms with Crippen LogP contribution in [0.15, 0.2) is 16.6 Å². The lowest BCUT2D eigenvalue weighted by Crippen LogP contribution is -2.11. The van der Waals surface area contributed by atoms with Crippen molar-refractivity contribution in [2.75, 3.05) is 7.11 Å². The molecule has 1 rings (SSSR count). The van der Waals surface area contributed by atoms with Gasteiger partial charge in [-0.2, -0.15) is 5.48 Å². The number of halogens is 1. The molecule has 0 atom stereocenters.